The molecule has 2 rings (SSSR count). The second-order valence-electron chi connectivity index (χ2n) is 3.53. The summed E-state index contributed by atoms with van der Waals surface area (Å²) < 4.78 is 5.29. The Hall–Kier alpha value is -1.05. The van der Waals surface area contributed by atoms with Gasteiger partial charge in [0.15, 0.2) is 6.40 Å². The molecule has 1 aliphatic carbocycles. The third-order valence-electron chi connectivity index (χ3n) is 2.25. The highest BCUT2D eigenvalue weighted by molar-refractivity contribution is 5.54. The SMILES string of the molecule is CC1=C[C@@H](C)C=C2OC=NC2C1. The van der Waals surface area contributed by atoms with E-state index in [0.29, 0.717) is 5.92 Å². The molecule has 0 amide bonds. The van der Waals surface area contributed by atoms with Crippen molar-refractivity contribution in [2.24, 2.45) is 10.9 Å². The van der Waals surface area contributed by atoms with Crippen molar-refractivity contribution in [3.8, 4) is 0 Å². The Morgan fingerprint density at radius 3 is 3.17 bits per heavy atom. The largest absolute Gasteiger partial charge is 0.449 e. The Morgan fingerprint density at radius 2 is 2.33 bits per heavy atom. The van der Waals surface area contributed by atoms with Crippen LogP contribution in [0, 0.1) is 5.92 Å². The number of fused-ring (bicyclic) bond motifs is 1. The second-order valence-corrected chi connectivity index (χ2v) is 3.53. The molecule has 2 aliphatic rings. The van der Waals surface area contributed by atoms with E-state index in [0.717, 1.165) is 12.2 Å². The van der Waals surface area contributed by atoms with E-state index in [9.17, 15) is 0 Å². The van der Waals surface area contributed by atoms with Gasteiger partial charge < -0.3 is 4.74 Å². The third-order valence-corrected chi connectivity index (χ3v) is 2.25. The van der Waals surface area contributed by atoms with Crippen LogP contribution in [0.2, 0.25) is 0 Å². The minimum Gasteiger partial charge on any atom is -0.449 e. The molecule has 0 aromatic carbocycles. The minimum absolute atomic E-state index is 0.256. The van der Waals surface area contributed by atoms with Gasteiger partial charge in [0.25, 0.3) is 0 Å². The molecule has 0 N–H and O–H groups in total. The number of hydrogen-bond acceptors (Lipinski definition) is 2. The fourth-order valence-electron chi connectivity index (χ4n) is 1.75. The van der Waals surface area contributed by atoms with E-state index in [4.69, 9.17) is 4.74 Å². The lowest BCUT2D eigenvalue weighted by Crippen LogP contribution is -2.03. The Labute approximate surface area is 72.6 Å². The Balaban J connectivity index is 2.28. The van der Waals surface area contributed by atoms with Crippen LogP contribution in [0.4, 0.5) is 0 Å². The Kier molecular flexibility index (Phi) is 1.75. The van der Waals surface area contributed by atoms with Gasteiger partial charge in [-0.3, -0.25) is 0 Å². The summed E-state index contributed by atoms with van der Waals surface area (Å²) in [6, 6.07) is 0.256. The number of rotatable bonds is 0. The molecular formula is C10H13NO. The Morgan fingerprint density at radius 1 is 1.50 bits per heavy atom. The zero-order valence-corrected chi connectivity index (χ0v) is 7.45. The first-order valence-electron chi connectivity index (χ1n) is 4.33. The van der Waals surface area contributed by atoms with E-state index in [1.807, 2.05) is 0 Å². The van der Waals surface area contributed by atoms with E-state index >= 15 is 0 Å². The first-order valence-corrected chi connectivity index (χ1v) is 4.33. The lowest BCUT2D eigenvalue weighted by atomic mass is 10.1. The molecule has 0 saturated carbocycles. The zero-order valence-electron chi connectivity index (χ0n) is 7.45. The maximum absolute atomic E-state index is 5.29. The van der Waals surface area contributed by atoms with Crippen molar-refractivity contribution in [2.45, 2.75) is 26.3 Å². The smallest absolute Gasteiger partial charge is 0.176 e. The van der Waals surface area contributed by atoms with Gasteiger partial charge in [-0.05, 0) is 25.3 Å². The van der Waals surface area contributed by atoms with E-state index in [2.05, 4.69) is 31.0 Å². The fourth-order valence-corrected chi connectivity index (χ4v) is 1.75. The van der Waals surface area contributed by atoms with Gasteiger partial charge in [0, 0.05) is 0 Å². The monoisotopic (exact) mass is 163 g/mol. The molecule has 2 atom stereocenters. The van der Waals surface area contributed by atoms with Crippen molar-refractivity contribution in [2.75, 3.05) is 0 Å². The molecule has 2 heteroatoms. The summed E-state index contributed by atoms with van der Waals surface area (Å²) in [5.41, 5.74) is 1.40. The molecule has 64 valence electrons. The van der Waals surface area contributed by atoms with Crippen LogP contribution in [0.3, 0.4) is 0 Å². The van der Waals surface area contributed by atoms with Crippen LogP contribution in [0.15, 0.2) is 28.5 Å². The van der Waals surface area contributed by atoms with Crippen LogP contribution in [-0.2, 0) is 4.74 Å². The molecule has 0 saturated heterocycles. The predicted molar refractivity (Wildman–Crippen MR) is 49.0 cm³/mol. The van der Waals surface area contributed by atoms with Crippen LogP contribution in [0.25, 0.3) is 0 Å². The average molecular weight is 163 g/mol. The number of ether oxygens (including phenoxy) is 1. The molecule has 1 heterocycles. The van der Waals surface area contributed by atoms with Crippen molar-refractivity contribution < 1.29 is 4.74 Å². The normalized spacial score (nSPS) is 33.2. The zero-order chi connectivity index (χ0) is 8.55. The van der Waals surface area contributed by atoms with Crippen LogP contribution < -0.4 is 0 Å². The molecule has 2 nitrogen and oxygen atoms in total. The summed E-state index contributed by atoms with van der Waals surface area (Å²) in [4.78, 5) is 4.25. The summed E-state index contributed by atoms with van der Waals surface area (Å²) in [5, 5.41) is 0. The summed E-state index contributed by atoms with van der Waals surface area (Å²) in [5.74, 6) is 1.50. The van der Waals surface area contributed by atoms with Gasteiger partial charge in [0.2, 0.25) is 0 Å². The summed E-state index contributed by atoms with van der Waals surface area (Å²) in [6.45, 7) is 4.32. The Bertz CT molecular complexity index is 276. The van der Waals surface area contributed by atoms with E-state index in [1.54, 1.807) is 6.40 Å². The van der Waals surface area contributed by atoms with Gasteiger partial charge in [-0.2, -0.15) is 0 Å². The van der Waals surface area contributed by atoms with Gasteiger partial charge in [-0.15, -0.1) is 0 Å². The maximum Gasteiger partial charge on any atom is 0.176 e. The molecule has 0 fully saturated rings. The molecule has 0 bridgehead atoms. The quantitative estimate of drug-likeness (QED) is 0.502. The first kappa shape index (κ1) is 7.59. The molecule has 12 heavy (non-hydrogen) atoms. The van der Waals surface area contributed by atoms with E-state index in [1.165, 1.54) is 5.57 Å². The molecule has 1 unspecified atom stereocenters. The highest BCUT2D eigenvalue weighted by Crippen LogP contribution is 2.26. The van der Waals surface area contributed by atoms with Crippen molar-refractivity contribution in [1.82, 2.24) is 0 Å². The average Bonchev–Trinajstić information content (AvgIpc) is 2.31. The van der Waals surface area contributed by atoms with E-state index in [-0.39, 0.29) is 6.04 Å². The lowest BCUT2D eigenvalue weighted by molar-refractivity contribution is 0.424. The molecule has 0 spiro atoms. The van der Waals surface area contributed by atoms with Gasteiger partial charge in [-0.25, -0.2) is 4.99 Å². The molecule has 0 aromatic heterocycles. The van der Waals surface area contributed by atoms with Crippen LogP contribution in [0.5, 0.6) is 0 Å². The van der Waals surface area contributed by atoms with Crippen LogP contribution >= 0.6 is 0 Å². The second kappa shape index (κ2) is 2.77. The molecule has 0 aromatic rings. The summed E-state index contributed by atoms with van der Waals surface area (Å²) in [6.07, 6.45) is 6.98. The summed E-state index contributed by atoms with van der Waals surface area (Å²) in [7, 11) is 0. The molecular weight excluding hydrogens is 150 g/mol. The number of aliphatic imine (C=N–C) groups is 1. The van der Waals surface area contributed by atoms with Gasteiger partial charge >= 0.3 is 0 Å². The standard InChI is InChI=1S/C10H13NO/c1-7-3-8(2)5-10-9(4-7)11-6-12-10/h3,5-6,8-9H,4H2,1-2H3/t8-,9?/m1/s1. The van der Waals surface area contributed by atoms with Crippen molar-refractivity contribution >= 4 is 6.40 Å². The fraction of sp³-hybridized carbons (Fsp3) is 0.500. The third kappa shape index (κ3) is 1.29. The van der Waals surface area contributed by atoms with Crippen molar-refractivity contribution in [1.29, 1.82) is 0 Å². The maximum atomic E-state index is 5.29. The topological polar surface area (TPSA) is 21.6 Å². The predicted octanol–water partition coefficient (Wildman–Crippen LogP) is 2.28. The van der Waals surface area contributed by atoms with E-state index < -0.39 is 0 Å². The number of hydrogen-bond donors (Lipinski definition) is 0. The van der Waals surface area contributed by atoms with Gasteiger partial charge in [-0.1, -0.05) is 18.6 Å². The highest BCUT2D eigenvalue weighted by atomic mass is 16.5. The minimum atomic E-state index is 0.256. The van der Waals surface area contributed by atoms with Crippen LogP contribution in [-0.4, -0.2) is 12.4 Å². The number of allylic oxidation sites excluding steroid dienone is 2. The van der Waals surface area contributed by atoms with Crippen LogP contribution in [0.1, 0.15) is 20.3 Å². The molecule has 0 radical (unpaired) electrons. The van der Waals surface area contributed by atoms with Gasteiger partial charge in [0.1, 0.15) is 11.8 Å². The van der Waals surface area contributed by atoms with Crippen molar-refractivity contribution in [3.05, 3.63) is 23.5 Å². The van der Waals surface area contributed by atoms with Crippen molar-refractivity contribution in [3.63, 3.8) is 0 Å². The van der Waals surface area contributed by atoms with Gasteiger partial charge in [0.05, 0.1) is 0 Å². The highest BCUT2D eigenvalue weighted by Gasteiger charge is 2.22. The summed E-state index contributed by atoms with van der Waals surface area (Å²) >= 11 is 0. The first-order chi connectivity index (χ1) is 5.75. The number of nitrogens with zero attached hydrogens (tertiary/aromatic N) is 1. The lowest BCUT2D eigenvalue weighted by Gasteiger charge is -2.04. The molecule has 1 aliphatic heterocycles.